The molecule has 1 unspecified atom stereocenters. The van der Waals surface area contributed by atoms with Crippen molar-refractivity contribution in [3.63, 3.8) is 0 Å². The van der Waals surface area contributed by atoms with Gasteiger partial charge in [-0.1, -0.05) is 114 Å². The Balaban J connectivity index is 2.35. The largest absolute Gasteiger partial charge is 0.404 e. The van der Waals surface area contributed by atoms with E-state index in [2.05, 4.69) is 52.0 Å². The van der Waals surface area contributed by atoms with Gasteiger partial charge in [-0.25, -0.2) is 0 Å². The van der Waals surface area contributed by atoms with Crippen LogP contribution in [0.3, 0.4) is 0 Å². The Bertz CT molecular complexity index is 762. The third kappa shape index (κ3) is 6.77. The molecule has 0 bridgehead atoms. The molecule has 3 atom stereocenters. The molecule has 0 aliphatic heterocycles. The lowest BCUT2D eigenvalue weighted by Crippen LogP contribution is -2.68. The average molecular weight is 473 g/mol. The zero-order valence-electron chi connectivity index (χ0n) is 21.1. The lowest BCUT2D eigenvalue weighted by molar-refractivity contribution is -0.119. The topological polar surface area (TPSA) is 69.9 Å². The third-order valence-electron chi connectivity index (χ3n) is 6.74. The van der Waals surface area contributed by atoms with Gasteiger partial charge in [0, 0.05) is 12.5 Å². The van der Waals surface area contributed by atoms with E-state index in [0.717, 1.165) is 36.1 Å². The van der Waals surface area contributed by atoms with Crippen LogP contribution in [-0.2, 0) is 4.43 Å². The van der Waals surface area contributed by atoms with E-state index in [-0.39, 0.29) is 24.2 Å². The second kappa shape index (κ2) is 12.3. The van der Waals surface area contributed by atoms with Gasteiger partial charge in [0.15, 0.2) is 0 Å². The summed E-state index contributed by atoms with van der Waals surface area (Å²) in [6, 6.07) is 20.6. The zero-order chi connectivity index (χ0) is 24.5. The monoisotopic (exact) mass is 472 g/mol. The Morgan fingerprint density at radius 2 is 1.36 bits per heavy atom. The molecule has 0 aromatic heterocycles. The van der Waals surface area contributed by atoms with Gasteiger partial charge in [-0.3, -0.25) is 0 Å². The first-order chi connectivity index (χ1) is 15.6. The molecule has 0 fully saturated rings. The van der Waals surface area contributed by atoms with E-state index < -0.39 is 20.0 Å². The number of hydrogen-bond donors (Lipinski definition) is 3. The maximum atomic E-state index is 11.3. The van der Waals surface area contributed by atoms with Crippen molar-refractivity contribution in [1.82, 2.24) is 0 Å². The normalized spacial score (nSPS) is 16.2. The molecular formula is C28H44O4Si. The number of aliphatic hydroxyl groups excluding tert-OH is 2. The highest BCUT2D eigenvalue weighted by atomic mass is 28.4. The van der Waals surface area contributed by atoms with Gasteiger partial charge in [-0.15, -0.1) is 0 Å². The summed E-state index contributed by atoms with van der Waals surface area (Å²) in [5, 5.41) is 34.4. The first-order valence-electron chi connectivity index (χ1n) is 12.4. The molecule has 2 aromatic rings. The van der Waals surface area contributed by atoms with Gasteiger partial charge in [0.25, 0.3) is 8.32 Å². The molecule has 33 heavy (non-hydrogen) atoms. The van der Waals surface area contributed by atoms with Crippen LogP contribution in [0.25, 0.3) is 0 Å². The van der Waals surface area contributed by atoms with Gasteiger partial charge < -0.3 is 19.7 Å². The van der Waals surface area contributed by atoms with Gasteiger partial charge in [-0.2, -0.15) is 0 Å². The Labute approximate surface area is 201 Å². The van der Waals surface area contributed by atoms with Crippen molar-refractivity contribution in [1.29, 1.82) is 0 Å². The maximum absolute atomic E-state index is 11.3. The van der Waals surface area contributed by atoms with Gasteiger partial charge in [0.1, 0.15) is 5.60 Å². The van der Waals surface area contributed by atoms with Crippen molar-refractivity contribution < 1.29 is 19.7 Å². The second-order valence-corrected chi connectivity index (χ2v) is 14.9. The standard InChI is InChI=1S/C28H44O4Si/c1-6-7-8-11-16-23(21-29)26(30)28(5,31)22-32-33(27(2,3)4,24-17-12-9-13-18-24)25-19-14-10-15-20-25/h9-10,12-15,17-20,23,26,29-31H,6-8,11,16,21-22H2,1-5H3/t23-,26+,28?/m0/s1. The highest BCUT2D eigenvalue weighted by molar-refractivity contribution is 6.99. The minimum Gasteiger partial charge on any atom is -0.404 e. The molecule has 0 aliphatic carbocycles. The summed E-state index contributed by atoms with van der Waals surface area (Å²) in [7, 11) is -2.82. The average Bonchev–Trinajstić information content (AvgIpc) is 2.79. The van der Waals surface area contributed by atoms with E-state index in [4.69, 9.17) is 4.43 Å². The summed E-state index contributed by atoms with van der Waals surface area (Å²) >= 11 is 0. The first-order valence-corrected chi connectivity index (χ1v) is 14.3. The lowest BCUT2D eigenvalue weighted by atomic mass is 9.86. The summed E-state index contributed by atoms with van der Waals surface area (Å²) in [5.74, 6) is -0.375. The van der Waals surface area contributed by atoms with E-state index in [9.17, 15) is 15.3 Å². The molecule has 0 saturated carbocycles. The van der Waals surface area contributed by atoms with Gasteiger partial charge >= 0.3 is 0 Å². The minimum absolute atomic E-state index is 0.00704. The summed E-state index contributed by atoms with van der Waals surface area (Å²) < 4.78 is 6.84. The molecule has 2 aromatic carbocycles. The number of aliphatic hydroxyl groups is 3. The molecule has 0 heterocycles. The van der Waals surface area contributed by atoms with E-state index in [1.165, 1.54) is 0 Å². The number of benzene rings is 2. The van der Waals surface area contributed by atoms with E-state index in [1.54, 1.807) is 6.92 Å². The zero-order valence-corrected chi connectivity index (χ0v) is 22.1. The van der Waals surface area contributed by atoms with Crippen molar-refractivity contribution >= 4 is 18.7 Å². The fourth-order valence-electron chi connectivity index (χ4n) is 4.79. The Morgan fingerprint density at radius 1 is 0.848 bits per heavy atom. The van der Waals surface area contributed by atoms with Crippen LogP contribution in [0.15, 0.2) is 60.7 Å². The molecular weight excluding hydrogens is 428 g/mol. The van der Waals surface area contributed by atoms with Crippen LogP contribution >= 0.6 is 0 Å². The Kier molecular flexibility index (Phi) is 10.3. The Morgan fingerprint density at radius 3 is 1.79 bits per heavy atom. The number of rotatable bonds is 13. The summed E-state index contributed by atoms with van der Waals surface area (Å²) in [5.41, 5.74) is -1.48. The molecule has 0 amide bonds. The lowest BCUT2D eigenvalue weighted by Gasteiger charge is -2.45. The summed E-state index contributed by atoms with van der Waals surface area (Å²) in [6.07, 6.45) is 3.90. The van der Waals surface area contributed by atoms with Crippen molar-refractivity contribution in [3.8, 4) is 0 Å². The summed E-state index contributed by atoms with van der Waals surface area (Å²) in [6.45, 7) is 10.2. The van der Waals surface area contributed by atoms with Crippen LogP contribution in [0.4, 0.5) is 0 Å². The maximum Gasteiger partial charge on any atom is 0.261 e. The van der Waals surface area contributed by atoms with Crippen LogP contribution in [0.5, 0.6) is 0 Å². The van der Waals surface area contributed by atoms with Crippen molar-refractivity contribution in [2.75, 3.05) is 13.2 Å². The number of unbranched alkanes of at least 4 members (excludes halogenated alkanes) is 3. The smallest absolute Gasteiger partial charge is 0.261 e. The van der Waals surface area contributed by atoms with E-state index in [1.807, 2.05) is 36.4 Å². The SMILES string of the molecule is CCCCCC[C@@H](CO)[C@@H](O)C(C)(O)CO[Si](c1ccccc1)(c1ccccc1)C(C)(C)C. The first kappa shape index (κ1) is 27.7. The molecule has 2 rings (SSSR count). The summed E-state index contributed by atoms with van der Waals surface area (Å²) in [4.78, 5) is 0. The molecule has 0 saturated heterocycles. The molecule has 3 N–H and O–H groups in total. The van der Waals surface area contributed by atoms with Gasteiger partial charge in [-0.05, 0) is 28.8 Å². The fraction of sp³-hybridized carbons (Fsp3) is 0.571. The molecule has 4 nitrogen and oxygen atoms in total. The fourth-order valence-corrected chi connectivity index (χ4v) is 9.46. The van der Waals surface area contributed by atoms with E-state index in [0.29, 0.717) is 6.42 Å². The molecule has 0 radical (unpaired) electrons. The Hall–Kier alpha value is -1.50. The quantitative estimate of drug-likeness (QED) is 0.301. The minimum atomic E-state index is -2.82. The highest BCUT2D eigenvalue weighted by Gasteiger charge is 2.51. The third-order valence-corrected chi connectivity index (χ3v) is 11.7. The predicted octanol–water partition coefficient (Wildman–Crippen LogP) is 4.25. The van der Waals surface area contributed by atoms with Crippen molar-refractivity contribution in [3.05, 3.63) is 60.7 Å². The predicted molar refractivity (Wildman–Crippen MR) is 140 cm³/mol. The van der Waals surface area contributed by atoms with Crippen LogP contribution in [0, 0.1) is 5.92 Å². The van der Waals surface area contributed by atoms with Crippen LogP contribution in [-0.4, -0.2) is 48.6 Å². The highest BCUT2D eigenvalue weighted by Crippen LogP contribution is 2.37. The second-order valence-electron chi connectivity index (χ2n) is 10.5. The van der Waals surface area contributed by atoms with Crippen molar-refractivity contribution in [2.24, 2.45) is 5.92 Å². The van der Waals surface area contributed by atoms with Crippen molar-refractivity contribution in [2.45, 2.75) is 83.5 Å². The van der Waals surface area contributed by atoms with Crippen LogP contribution < -0.4 is 10.4 Å². The van der Waals surface area contributed by atoms with Crippen LogP contribution in [0.2, 0.25) is 5.04 Å². The molecule has 0 spiro atoms. The molecule has 5 heteroatoms. The number of hydrogen-bond acceptors (Lipinski definition) is 4. The van der Waals surface area contributed by atoms with E-state index >= 15 is 0 Å². The van der Waals surface area contributed by atoms with Gasteiger partial charge in [0.05, 0.1) is 12.7 Å². The van der Waals surface area contributed by atoms with Crippen LogP contribution in [0.1, 0.15) is 66.7 Å². The van der Waals surface area contributed by atoms with Gasteiger partial charge in [0.2, 0.25) is 0 Å². The molecule has 0 aliphatic rings. The molecule has 184 valence electrons.